The number of urea groups is 1. The third-order valence-electron chi connectivity index (χ3n) is 6.27. The molecule has 8 nitrogen and oxygen atoms in total. The Morgan fingerprint density at radius 1 is 1.11 bits per heavy atom. The molecule has 3 aromatic carbocycles. The molecule has 4 aromatic rings. The maximum absolute atomic E-state index is 12.7. The molecule has 0 radical (unpaired) electrons. The second-order valence-electron chi connectivity index (χ2n) is 8.66. The molecule has 1 aromatic heterocycles. The number of rotatable bonds is 6. The van der Waals surface area contributed by atoms with Crippen LogP contribution in [-0.4, -0.2) is 37.9 Å². The number of allylic oxidation sites excluding steroid dienone is 1. The third-order valence-corrected chi connectivity index (χ3v) is 7.86. The summed E-state index contributed by atoms with van der Waals surface area (Å²) in [6.45, 7) is 0.145. The van der Waals surface area contributed by atoms with Crippen LogP contribution in [0.2, 0.25) is 5.02 Å². The fourth-order valence-corrected chi connectivity index (χ4v) is 5.90. The number of methoxy groups -OCH3 is 1. The zero-order chi connectivity index (χ0) is 26.0. The van der Waals surface area contributed by atoms with Crippen molar-refractivity contribution in [3.05, 3.63) is 89.2 Å². The molecule has 1 aliphatic rings. The summed E-state index contributed by atoms with van der Waals surface area (Å²) < 4.78 is 34.5. The second kappa shape index (κ2) is 10.3. The summed E-state index contributed by atoms with van der Waals surface area (Å²) in [7, 11) is -2.84. The van der Waals surface area contributed by atoms with Gasteiger partial charge in [-0.15, -0.1) is 0 Å². The number of nitrogens with one attached hydrogen (secondary N) is 2. The number of halogens is 1. The first-order valence-electron chi connectivity index (χ1n) is 11.8. The Balaban J connectivity index is 1.33. The minimum atomic E-state index is -4.19. The van der Waals surface area contributed by atoms with E-state index in [-0.39, 0.29) is 22.2 Å². The van der Waals surface area contributed by atoms with Gasteiger partial charge in [0.1, 0.15) is 10.6 Å². The van der Waals surface area contributed by atoms with Gasteiger partial charge in [0.25, 0.3) is 10.0 Å². The number of carbonyl (C=O) groups excluding carboxylic acids is 1. The van der Waals surface area contributed by atoms with Gasteiger partial charge >= 0.3 is 6.03 Å². The van der Waals surface area contributed by atoms with Gasteiger partial charge in [-0.1, -0.05) is 48.0 Å². The first-order chi connectivity index (χ1) is 17.9. The van der Waals surface area contributed by atoms with Crippen molar-refractivity contribution in [1.82, 2.24) is 19.8 Å². The van der Waals surface area contributed by atoms with Crippen LogP contribution >= 0.6 is 11.6 Å². The van der Waals surface area contributed by atoms with Gasteiger partial charge in [0, 0.05) is 11.6 Å². The molecule has 1 heterocycles. The average molecular weight is 537 g/mol. The Morgan fingerprint density at radius 3 is 2.73 bits per heavy atom. The normalized spacial score (nSPS) is 14.4. The van der Waals surface area contributed by atoms with E-state index < -0.39 is 16.1 Å². The number of aromatic nitrogens is 2. The van der Waals surface area contributed by atoms with Gasteiger partial charge in [0.15, 0.2) is 0 Å². The molecule has 0 saturated carbocycles. The highest BCUT2D eigenvalue weighted by Gasteiger charge is 2.23. The summed E-state index contributed by atoms with van der Waals surface area (Å²) in [5.41, 5.74) is 4.16. The van der Waals surface area contributed by atoms with Crippen molar-refractivity contribution in [3.8, 4) is 11.4 Å². The van der Waals surface area contributed by atoms with Gasteiger partial charge in [0.05, 0.1) is 24.7 Å². The predicted molar refractivity (Wildman–Crippen MR) is 144 cm³/mol. The van der Waals surface area contributed by atoms with Crippen molar-refractivity contribution in [2.24, 2.45) is 0 Å². The summed E-state index contributed by atoms with van der Waals surface area (Å²) in [6, 6.07) is 17.7. The molecule has 0 fully saturated rings. The molecule has 190 valence electrons. The Morgan fingerprint density at radius 2 is 1.92 bits per heavy atom. The quantitative estimate of drug-likeness (QED) is 0.357. The Labute approximate surface area is 219 Å². The molecule has 0 spiro atoms. The lowest BCUT2D eigenvalue weighted by molar-refractivity contribution is 0.247. The van der Waals surface area contributed by atoms with Crippen LogP contribution in [0.15, 0.2) is 77.8 Å². The standard InChI is InChI=1S/C27H25ClN4O4S/c1-36-24-12-10-22(28)16-25(24)37(34,35)31-27(33)29-14-13-19-7-4-8-21-17-30-32(26(19)21)23-11-9-18-5-2-3-6-20(18)15-23/h2-3,5-6,9-13,15-17H,4,7-8,14H2,1H3,(H2,29,31,33). The number of fused-ring (bicyclic) bond motifs is 2. The molecule has 37 heavy (non-hydrogen) atoms. The van der Waals surface area contributed by atoms with Crippen molar-refractivity contribution in [1.29, 1.82) is 0 Å². The fourth-order valence-electron chi connectivity index (χ4n) is 4.54. The van der Waals surface area contributed by atoms with Gasteiger partial charge in [-0.05, 0) is 71.5 Å². The van der Waals surface area contributed by atoms with E-state index in [9.17, 15) is 13.2 Å². The number of carbonyl (C=O) groups is 1. The van der Waals surface area contributed by atoms with Crippen LogP contribution in [0, 0.1) is 0 Å². The average Bonchev–Trinajstić information content (AvgIpc) is 3.33. The van der Waals surface area contributed by atoms with E-state index >= 15 is 0 Å². The number of nitrogens with zero attached hydrogens (tertiary/aromatic N) is 2. The van der Waals surface area contributed by atoms with E-state index in [2.05, 4.69) is 34.7 Å². The summed E-state index contributed by atoms with van der Waals surface area (Å²) >= 11 is 5.94. The molecule has 2 amide bonds. The highest BCUT2D eigenvalue weighted by atomic mass is 35.5. The third kappa shape index (κ3) is 5.19. The molecule has 2 N–H and O–H groups in total. The summed E-state index contributed by atoms with van der Waals surface area (Å²) in [5, 5.41) is 9.75. The van der Waals surface area contributed by atoms with Crippen LogP contribution in [0.3, 0.4) is 0 Å². The van der Waals surface area contributed by atoms with E-state index in [0.717, 1.165) is 52.6 Å². The first kappa shape index (κ1) is 24.9. The van der Waals surface area contributed by atoms with Gasteiger partial charge in [-0.3, -0.25) is 0 Å². The fraction of sp³-hybridized carbons (Fsp3) is 0.185. The van der Waals surface area contributed by atoms with Gasteiger partial charge < -0.3 is 10.1 Å². The SMILES string of the molecule is COc1ccc(Cl)cc1S(=O)(=O)NC(=O)NCC=C1CCCc2cnn(-c3ccc4ccccc4c3)c21. The van der Waals surface area contributed by atoms with E-state index in [1.165, 1.54) is 25.3 Å². The lowest BCUT2D eigenvalue weighted by atomic mass is 9.92. The number of hydrogen-bond donors (Lipinski definition) is 2. The zero-order valence-electron chi connectivity index (χ0n) is 20.1. The van der Waals surface area contributed by atoms with Crippen molar-refractivity contribution in [3.63, 3.8) is 0 Å². The van der Waals surface area contributed by atoms with Crippen molar-refractivity contribution >= 4 is 44.0 Å². The van der Waals surface area contributed by atoms with Crippen molar-refractivity contribution in [2.75, 3.05) is 13.7 Å². The molecule has 1 aliphatic carbocycles. The molecular formula is C27H25ClN4O4S. The summed E-state index contributed by atoms with van der Waals surface area (Å²) in [5.74, 6) is 0.0866. The van der Waals surface area contributed by atoms with E-state index in [4.69, 9.17) is 16.3 Å². The highest BCUT2D eigenvalue weighted by Crippen LogP contribution is 2.33. The molecule has 10 heteroatoms. The number of benzene rings is 3. The maximum Gasteiger partial charge on any atom is 0.328 e. The Hall–Kier alpha value is -3.82. The topological polar surface area (TPSA) is 102 Å². The monoisotopic (exact) mass is 536 g/mol. The second-order valence-corrected chi connectivity index (χ2v) is 10.7. The van der Waals surface area contributed by atoms with Crippen LogP contribution in [0.4, 0.5) is 4.79 Å². The molecule has 0 atom stereocenters. The minimum Gasteiger partial charge on any atom is -0.495 e. The summed E-state index contributed by atoms with van der Waals surface area (Å²) in [4.78, 5) is 12.2. The van der Waals surface area contributed by atoms with Gasteiger partial charge in [0.2, 0.25) is 0 Å². The molecular weight excluding hydrogens is 512 g/mol. The number of sulfonamides is 1. The zero-order valence-corrected chi connectivity index (χ0v) is 21.6. The predicted octanol–water partition coefficient (Wildman–Crippen LogP) is 5.10. The van der Waals surface area contributed by atoms with Crippen LogP contribution in [-0.2, 0) is 16.4 Å². The number of amides is 2. The lowest BCUT2D eigenvalue weighted by Gasteiger charge is -2.18. The Kier molecular flexibility index (Phi) is 6.90. The van der Waals surface area contributed by atoms with Crippen molar-refractivity contribution < 1.29 is 17.9 Å². The first-order valence-corrected chi connectivity index (χ1v) is 13.6. The minimum absolute atomic E-state index is 0.0866. The number of aryl methyl sites for hydroxylation is 1. The van der Waals surface area contributed by atoms with Crippen LogP contribution < -0.4 is 14.8 Å². The largest absolute Gasteiger partial charge is 0.495 e. The smallest absolute Gasteiger partial charge is 0.328 e. The Bertz CT molecular complexity index is 1630. The number of ether oxygens (including phenoxy) is 1. The van der Waals surface area contributed by atoms with Gasteiger partial charge in [-0.25, -0.2) is 22.6 Å². The van der Waals surface area contributed by atoms with E-state index in [1.807, 2.05) is 39.9 Å². The van der Waals surface area contributed by atoms with Crippen molar-refractivity contribution in [2.45, 2.75) is 24.2 Å². The van der Waals surface area contributed by atoms with Gasteiger partial charge in [-0.2, -0.15) is 5.10 Å². The highest BCUT2D eigenvalue weighted by molar-refractivity contribution is 7.90. The van der Waals surface area contributed by atoms with Crippen LogP contribution in [0.1, 0.15) is 24.1 Å². The van der Waals surface area contributed by atoms with E-state index in [1.54, 1.807) is 0 Å². The molecule has 0 saturated heterocycles. The van der Waals surface area contributed by atoms with E-state index in [0.29, 0.717) is 0 Å². The molecule has 0 aliphatic heterocycles. The summed E-state index contributed by atoms with van der Waals surface area (Å²) in [6.07, 6.45) is 6.52. The lowest BCUT2D eigenvalue weighted by Crippen LogP contribution is -2.39. The van der Waals surface area contributed by atoms with Crippen LogP contribution in [0.25, 0.3) is 22.0 Å². The molecule has 0 bridgehead atoms. The molecule has 5 rings (SSSR count). The number of hydrogen-bond acceptors (Lipinski definition) is 5. The molecule has 0 unspecified atom stereocenters. The van der Waals surface area contributed by atoms with Crippen LogP contribution in [0.5, 0.6) is 5.75 Å². The maximum atomic E-state index is 12.7.